The van der Waals surface area contributed by atoms with Gasteiger partial charge >= 0.3 is 0 Å². The molecule has 1 rings (SSSR count). The lowest BCUT2D eigenvalue weighted by Crippen LogP contribution is -2.08. The molecule has 1 atom stereocenters. The molecule has 0 saturated heterocycles. The monoisotopic (exact) mass is 245 g/mol. The molecule has 0 spiro atoms. The molecule has 0 aliphatic carbocycles. The van der Waals surface area contributed by atoms with E-state index in [0.29, 0.717) is 5.92 Å². The summed E-state index contributed by atoms with van der Waals surface area (Å²) in [6, 6.07) is 8.86. The molecule has 1 nitrogen and oxygen atoms in total. The van der Waals surface area contributed by atoms with E-state index in [1.165, 1.54) is 43.4 Å². The van der Waals surface area contributed by atoms with E-state index in [2.05, 4.69) is 62.8 Å². The molecular formula is C17H27N. The molecule has 1 aromatic rings. The van der Waals surface area contributed by atoms with Crippen molar-refractivity contribution in [2.75, 3.05) is 19.0 Å². The summed E-state index contributed by atoms with van der Waals surface area (Å²) < 4.78 is 0. The molecular weight excluding hydrogens is 218 g/mol. The van der Waals surface area contributed by atoms with Gasteiger partial charge < -0.3 is 4.90 Å². The minimum atomic E-state index is 0.512. The highest BCUT2D eigenvalue weighted by Crippen LogP contribution is 2.25. The largest absolute Gasteiger partial charge is 0.378 e. The SMILES string of the molecule is C=CC(CCCCCC)c1ccc(N(C)C)cc1. The molecule has 1 heteroatoms. The summed E-state index contributed by atoms with van der Waals surface area (Å²) in [5, 5.41) is 0. The first-order valence-corrected chi connectivity index (χ1v) is 7.09. The maximum Gasteiger partial charge on any atom is 0.0361 e. The van der Waals surface area contributed by atoms with Crippen LogP contribution in [0.15, 0.2) is 36.9 Å². The predicted octanol–water partition coefficient (Wildman–Crippen LogP) is 4.99. The smallest absolute Gasteiger partial charge is 0.0361 e. The van der Waals surface area contributed by atoms with Gasteiger partial charge in [-0.05, 0) is 24.1 Å². The zero-order valence-electron chi connectivity index (χ0n) is 12.2. The summed E-state index contributed by atoms with van der Waals surface area (Å²) in [7, 11) is 4.15. The Kier molecular flexibility index (Phi) is 6.56. The van der Waals surface area contributed by atoms with Gasteiger partial charge in [0.2, 0.25) is 0 Å². The van der Waals surface area contributed by atoms with Gasteiger partial charge in [-0.1, -0.05) is 50.8 Å². The van der Waals surface area contributed by atoms with Crippen LogP contribution in [0.1, 0.15) is 50.5 Å². The van der Waals surface area contributed by atoms with E-state index in [0.717, 1.165) is 0 Å². The van der Waals surface area contributed by atoms with Gasteiger partial charge in [-0.15, -0.1) is 6.58 Å². The van der Waals surface area contributed by atoms with Crippen LogP contribution in [0.25, 0.3) is 0 Å². The zero-order chi connectivity index (χ0) is 13.4. The number of benzene rings is 1. The minimum absolute atomic E-state index is 0.512. The molecule has 0 aliphatic rings. The maximum absolute atomic E-state index is 3.98. The Hall–Kier alpha value is -1.24. The molecule has 1 unspecified atom stereocenters. The molecule has 0 heterocycles. The third-order valence-electron chi connectivity index (χ3n) is 3.49. The van der Waals surface area contributed by atoms with E-state index >= 15 is 0 Å². The normalized spacial score (nSPS) is 12.2. The Bertz CT molecular complexity index is 337. The lowest BCUT2D eigenvalue weighted by atomic mass is 9.93. The van der Waals surface area contributed by atoms with Crippen LogP contribution in [0, 0.1) is 0 Å². The van der Waals surface area contributed by atoms with Crippen LogP contribution in [0.4, 0.5) is 5.69 Å². The van der Waals surface area contributed by atoms with Gasteiger partial charge in [-0.2, -0.15) is 0 Å². The molecule has 0 saturated carbocycles. The number of unbranched alkanes of at least 4 members (excludes halogenated alkanes) is 3. The van der Waals surface area contributed by atoms with Gasteiger partial charge in [-0.3, -0.25) is 0 Å². The molecule has 0 aliphatic heterocycles. The first kappa shape index (κ1) is 14.8. The van der Waals surface area contributed by atoms with E-state index in [4.69, 9.17) is 0 Å². The Morgan fingerprint density at radius 2 is 1.78 bits per heavy atom. The second kappa shape index (κ2) is 7.97. The second-order valence-electron chi connectivity index (χ2n) is 5.18. The molecule has 0 bridgehead atoms. The van der Waals surface area contributed by atoms with Crippen molar-refractivity contribution < 1.29 is 0 Å². The van der Waals surface area contributed by atoms with Gasteiger partial charge in [0.15, 0.2) is 0 Å². The number of anilines is 1. The van der Waals surface area contributed by atoms with Crippen molar-refractivity contribution in [3.63, 3.8) is 0 Å². The average molecular weight is 245 g/mol. The minimum Gasteiger partial charge on any atom is -0.378 e. The van der Waals surface area contributed by atoms with Crippen molar-refractivity contribution >= 4 is 5.69 Å². The van der Waals surface area contributed by atoms with Crippen molar-refractivity contribution in [2.45, 2.75) is 44.9 Å². The molecule has 0 amide bonds. The van der Waals surface area contributed by atoms with Crippen molar-refractivity contribution in [1.82, 2.24) is 0 Å². The Balaban J connectivity index is 2.56. The van der Waals surface area contributed by atoms with Crippen molar-refractivity contribution in [2.24, 2.45) is 0 Å². The summed E-state index contributed by atoms with van der Waals surface area (Å²) in [5.74, 6) is 0.512. The van der Waals surface area contributed by atoms with Gasteiger partial charge in [0.25, 0.3) is 0 Å². The first-order valence-electron chi connectivity index (χ1n) is 7.09. The Morgan fingerprint density at radius 3 is 2.28 bits per heavy atom. The van der Waals surface area contributed by atoms with Crippen LogP contribution in [-0.2, 0) is 0 Å². The summed E-state index contributed by atoms with van der Waals surface area (Å²) in [5.41, 5.74) is 2.65. The molecule has 1 aromatic carbocycles. The standard InChI is InChI=1S/C17H27N/c1-5-7-8-9-10-15(6-2)16-11-13-17(14-12-16)18(3)4/h6,11-15H,2,5,7-10H2,1,3-4H3. The fourth-order valence-electron chi connectivity index (χ4n) is 2.23. The third kappa shape index (κ3) is 4.56. The van der Waals surface area contributed by atoms with Crippen LogP contribution >= 0.6 is 0 Å². The zero-order valence-corrected chi connectivity index (χ0v) is 12.2. The molecule has 18 heavy (non-hydrogen) atoms. The Labute approximate surface area is 113 Å². The molecule has 100 valence electrons. The van der Waals surface area contributed by atoms with E-state index in [-0.39, 0.29) is 0 Å². The second-order valence-corrected chi connectivity index (χ2v) is 5.18. The van der Waals surface area contributed by atoms with Crippen LogP contribution in [0.3, 0.4) is 0 Å². The lowest BCUT2D eigenvalue weighted by molar-refractivity contribution is 0.604. The quantitative estimate of drug-likeness (QED) is 0.460. The van der Waals surface area contributed by atoms with Crippen LogP contribution in [0.2, 0.25) is 0 Å². The van der Waals surface area contributed by atoms with Crippen molar-refractivity contribution in [1.29, 1.82) is 0 Å². The molecule has 0 fully saturated rings. The average Bonchev–Trinajstić information content (AvgIpc) is 2.39. The summed E-state index contributed by atoms with van der Waals surface area (Å²) in [6.45, 7) is 6.24. The first-order chi connectivity index (χ1) is 8.69. The van der Waals surface area contributed by atoms with Crippen molar-refractivity contribution in [3.05, 3.63) is 42.5 Å². The fourth-order valence-corrected chi connectivity index (χ4v) is 2.23. The van der Waals surface area contributed by atoms with Gasteiger partial charge in [-0.25, -0.2) is 0 Å². The topological polar surface area (TPSA) is 3.24 Å². The van der Waals surface area contributed by atoms with Gasteiger partial charge in [0.1, 0.15) is 0 Å². The molecule has 0 N–H and O–H groups in total. The van der Waals surface area contributed by atoms with Crippen LogP contribution < -0.4 is 4.90 Å². The van der Waals surface area contributed by atoms with Gasteiger partial charge in [0.05, 0.1) is 0 Å². The number of nitrogens with zero attached hydrogens (tertiary/aromatic N) is 1. The third-order valence-corrected chi connectivity index (χ3v) is 3.49. The highest BCUT2D eigenvalue weighted by molar-refractivity contribution is 5.46. The van der Waals surface area contributed by atoms with Crippen LogP contribution in [-0.4, -0.2) is 14.1 Å². The number of allylic oxidation sites excluding steroid dienone is 1. The number of hydrogen-bond donors (Lipinski definition) is 0. The highest BCUT2D eigenvalue weighted by Gasteiger charge is 2.07. The summed E-state index contributed by atoms with van der Waals surface area (Å²) >= 11 is 0. The van der Waals surface area contributed by atoms with Gasteiger partial charge in [0, 0.05) is 25.7 Å². The highest BCUT2D eigenvalue weighted by atomic mass is 15.1. The van der Waals surface area contributed by atoms with Crippen LogP contribution in [0.5, 0.6) is 0 Å². The maximum atomic E-state index is 3.98. The van der Waals surface area contributed by atoms with E-state index in [9.17, 15) is 0 Å². The van der Waals surface area contributed by atoms with Crippen molar-refractivity contribution in [3.8, 4) is 0 Å². The van der Waals surface area contributed by atoms with E-state index in [1.807, 2.05) is 0 Å². The Morgan fingerprint density at radius 1 is 1.11 bits per heavy atom. The lowest BCUT2D eigenvalue weighted by Gasteiger charge is -2.16. The summed E-state index contributed by atoms with van der Waals surface area (Å²) in [6.07, 6.45) is 8.62. The fraction of sp³-hybridized carbons (Fsp3) is 0.529. The van der Waals surface area contributed by atoms with E-state index < -0.39 is 0 Å². The summed E-state index contributed by atoms with van der Waals surface area (Å²) in [4.78, 5) is 2.13. The predicted molar refractivity (Wildman–Crippen MR) is 82.5 cm³/mol. The number of rotatable bonds is 8. The number of hydrogen-bond acceptors (Lipinski definition) is 1. The molecule has 0 radical (unpaired) electrons. The molecule has 0 aromatic heterocycles. The van der Waals surface area contributed by atoms with E-state index in [1.54, 1.807) is 0 Å².